The Morgan fingerprint density at radius 1 is 1.38 bits per heavy atom. The lowest BCUT2D eigenvalue weighted by Gasteiger charge is -2.08. The summed E-state index contributed by atoms with van der Waals surface area (Å²) in [6.45, 7) is 0. The number of hydrogen-bond acceptors (Lipinski definition) is 4. The van der Waals surface area contributed by atoms with Gasteiger partial charge in [0.2, 0.25) is 0 Å². The van der Waals surface area contributed by atoms with Crippen LogP contribution in [0.15, 0.2) is 36.9 Å². The molecule has 0 radical (unpaired) electrons. The molecule has 1 aliphatic heterocycles. The average Bonchev–Trinajstić information content (AvgIpc) is 2.20. The highest BCUT2D eigenvalue weighted by Gasteiger charge is 2.00. The van der Waals surface area contributed by atoms with Gasteiger partial charge in [0.15, 0.2) is 0 Å². The largest absolute Gasteiger partial charge is 0.391 e. The maximum Gasteiger partial charge on any atom is 0.123 e. The lowest BCUT2D eigenvalue weighted by atomic mass is 10.1. The molecule has 4 nitrogen and oxygen atoms in total. The fourth-order valence-corrected chi connectivity index (χ4v) is 1.05. The van der Waals surface area contributed by atoms with E-state index in [1.54, 1.807) is 24.7 Å². The van der Waals surface area contributed by atoms with Crippen LogP contribution in [-0.2, 0) is 4.84 Å². The van der Waals surface area contributed by atoms with E-state index in [0.717, 1.165) is 11.1 Å². The van der Waals surface area contributed by atoms with Gasteiger partial charge in [-0.3, -0.25) is 0 Å². The van der Waals surface area contributed by atoms with Crippen LogP contribution in [0.3, 0.4) is 0 Å². The molecule has 2 rings (SSSR count). The monoisotopic (exact) mass is 175 g/mol. The molecule has 0 amide bonds. The van der Waals surface area contributed by atoms with Crippen molar-refractivity contribution in [3.63, 3.8) is 0 Å². The minimum atomic E-state index is 0.522. The molecular weight excluding hydrogens is 166 g/mol. The molecule has 0 aromatic carbocycles. The number of allylic oxidation sites excluding steroid dienone is 2. The minimum Gasteiger partial charge on any atom is -0.391 e. The highest BCUT2D eigenvalue weighted by Crippen LogP contribution is 2.16. The standard InChI is InChI=1S/C9H9N3O/c10-9-2-1-7(5-11-9)8-3-4-13-12-6-8/h1-6,12H,(H2,10,11). The van der Waals surface area contributed by atoms with Crippen molar-refractivity contribution >= 4 is 11.4 Å². The van der Waals surface area contributed by atoms with E-state index in [2.05, 4.69) is 10.5 Å². The Kier molecular flexibility index (Phi) is 1.88. The van der Waals surface area contributed by atoms with Crippen molar-refractivity contribution in [2.24, 2.45) is 0 Å². The van der Waals surface area contributed by atoms with E-state index in [1.165, 1.54) is 0 Å². The number of pyridine rings is 1. The van der Waals surface area contributed by atoms with Crippen LogP contribution in [-0.4, -0.2) is 4.98 Å². The van der Waals surface area contributed by atoms with Crippen LogP contribution >= 0.6 is 0 Å². The summed E-state index contributed by atoms with van der Waals surface area (Å²) in [5.41, 5.74) is 10.1. The van der Waals surface area contributed by atoms with E-state index in [4.69, 9.17) is 10.6 Å². The van der Waals surface area contributed by atoms with E-state index in [9.17, 15) is 0 Å². The third-order valence-electron chi connectivity index (χ3n) is 1.72. The predicted molar refractivity (Wildman–Crippen MR) is 50.0 cm³/mol. The summed E-state index contributed by atoms with van der Waals surface area (Å²) in [7, 11) is 0. The molecule has 13 heavy (non-hydrogen) atoms. The molecule has 66 valence electrons. The summed E-state index contributed by atoms with van der Waals surface area (Å²) in [4.78, 5) is 8.78. The van der Waals surface area contributed by atoms with Gasteiger partial charge >= 0.3 is 0 Å². The molecule has 0 bridgehead atoms. The molecular formula is C9H9N3O. The maximum absolute atomic E-state index is 5.47. The number of nitrogens with one attached hydrogen (secondary N) is 1. The zero-order valence-corrected chi connectivity index (χ0v) is 6.90. The lowest BCUT2D eigenvalue weighted by Crippen LogP contribution is -2.05. The van der Waals surface area contributed by atoms with E-state index in [0.29, 0.717) is 5.82 Å². The molecule has 0 atom stereocenters. The van der Waals surface area contributed by atoms with Crippen LogP contribution in [0.2, 0.25) is 0 Å². The van der Waals surface area contributed by atoms with Crippen molar-refractivity contribution in [1.82, 2.24) is 10.5 Å². The van der Waals surface area contributed by atoms with Crippen LogP contribution in [0.1, 0.15) is 5.56 Å². The van der Waals surface area contributed by atoms with Crippen LogP contribution in [0.4, 0.5) is 5.82 Å². The number of hydroxylamine groups is 1. The summed E-state index contributed by atoms with van der Waals surface area (Å²) >= 11 is 0. The van der Waals surface area contributed by atoms with Gasteiger partial charge in [0.25, 0.3) is 0 Å². The molecule has 0 unspecified atom stereocenters. The molecule has 0 spiro atoms. The quantitative estimate of drug-likeness (QED) is 0.669. The molecule has 1 aliphatic rings. The third-order valence-corrected chi connectivity index (χ3v) is 1.72. The van der Waals surface area contributed by atoms with Gasteiger partial charge in [-0.1, -0.05) is 0 Å². The number of hydrogen-bond donors (Lipinski definition) is 2. The Morgan fingerprint density at radius 2 is 2.31 bits per heavy atom. The molecule has 0 saturated carbocycles. The predicted octanol–water partition coefficient (Wildman–Crippen LogP) is 1.05. The Labute approximate surface area is 75.7 Å². The van der Waals surface area contributed by atoms with Crippen molar-refractivity contribution in [1.29, 1.82) is 0 Å². The van der Waals surface area contributed by atoms with Crippen LogP contribution < -0.4 is 11.2 Å². The first-order valence-electron chi connectivity index (χ1n) is 3.86. The average molecular weight is 175 g/mol. The second-order valence-electron chi connectivity index (χ2n) is 2.61. The van der Waals surface area contributed by atoms with E-state index < -0.39 is 0 Å². The molecule has 0 saturated heterocycles. The zero-order chi connectivity index (χ0) is 9.10. The van der Waals surface area contributed by atoms with Crippen molar-refractivity contribution < 1.29 is 4.84 Å². The van der Waals surface area contributed by atoms with Gasteiger partial charge in [0.1, 0.15) is 12.1 Å². The highest BCUT2D eigenvalue weighted by atomic mass is 16.6. The molecule has 2 heterocycles. The Balaban J connectivity index is 2.30. The topological polar surface area (TPSA) is 60.2 Å². The van der Waals surface area contributed by atoms with Gasteiger partial charge in [0, 0.05) is 23.5 Å². The summed E-state index contributed by atoms with van der Waals surface area (Å²) < 4.78 is 0. The Morgan fingerprint density at radius 3 is 2.92 bits per heavy atom. The number of nitrogens with two attached hydrogens (primary N) is 1. The van der Waals surface area contributed by atoms with Crippen molar-refractivity contribution in [2.45, 2.75) is 0 Å². The van der Waals surface area contributed by atoms with Crippen molar-refractivity contribution in [3.05, 3.63) is 42.4 Å². The van der Waals surface area contributed by atoms with Gasteiger partial charge in [-0.2, -0.15) is 0 Å². The van der Waals surface area contributed by atoms with Crippen LogP contribution in [0, 0.1) is 0 Å². The number of aromatic nitrogens is 1. The van der Waals surface area contributed by atoms with Gasteiger partial charge in [-0.15, -0.1) is 0 Å². The fraction of sp³-hybridized carbons (Fsp3) is 0. The van der Waals surface area contributed by atoms with Gasteiger partial charge < -0.3 is 10.6 Å². The van der Waals surface area contributed by atoms with Crippen molar-refractivity contribution in [2.75, 3.05) is 5.73 Å². The van der Waals surface area contributed by atoms with Gasteiger partial charge in [-0.25, -0.2) is 10.5 Å². The zero-order valence-electron chi connectivity index (χ0n) is 6.90. The SMILES string of the molecule is Nc1ccc(C2=CNOC=C2)cn1. The summed E-state index contributed by atoms with van der Waals surface area (Å²) in [6.07, 6.45) is 6.90. The second kappa shape index (κ2) is 3.18. The molecule has 1 aromatic heterocycles. The van der Waals surface area contributed by atoms with E-state index >= 15 is 0 Å². The fourth-order valence-electron chi connectivity index (χ4n) is 1.05. The molecule has 4 heteroatoms. The first-order valence-corrected chi connectivity index (χ1v) is 3.86. The maximum atomic E-state index is 5.47. The number of nitrogen functional groups attached to an aromatic ring is 1. The van der Waals surface area contributed by atoms with Crippen LogP contribution in [0.25, 0.3) is 5.57 Å². The van der Waals surface area contributed by atoms with E-state index in [1.807, 2.05) is 12.1 Å². The van der Waals surface area contributed by atoms with Gasteiger partial charge in [0.05, 0.1) is 0 Å². The van der Waals surface area contributed by atoms with E-state index in [-0.39, 0.29) is 0 Å². The Bertz CT molecular complexity index is 354. The summed E-state index contributed by atoms with van der Waals surface area (Å²) in [5, 5.41) is 0. The minimum absolute atomic E-state index is 0.522. The smallest absolute Gasteiger partial charge is 0.123 e. The normalized spacial score (nSPS) is 14.3. The van der Waals surface area contributed by atoms with Crippen molar-refractivity contribution in [3.8, 4) is 0 Å². The first-order chi connectivity index (χ1) is 6.36. The molecule has 0 aliphatic carbocycles. The Hall–Kier alpha value is -1.97. The van der Waals surface area contributed by atoms with Gasteiger partial charge in [-0.05, 0) is 18.2 Å². The number of rotatable bonds is 1. The van der Waals surface area contributed by atoms with Crippen LogP contribution in [0.5, 0.6) is 0 Å². The lowest BCUT2D eigenvalue weighted by molar-refractivity contribution is 0.173. The first kappa shape index (κ1) is 7.67. The summed E-state index contributed by atoms with van der Waals surface area (Å²) in [6, 6.07) is 3.67. The molecule has 0 fully saturated rings. The summed E-state index contributed by atoms with van der Waals surface area (Å²) in [5.74, 6) is 0.522. The second-order valence-corrected chi connectivity index (χ2v) is 2.61. The molecule has 1 aromatic rings. The number of nitrogens with zero attached hydrogens (tertiary/aromatic N) is 1. The highest BCUT2D eigenvalue weighted by molar-refractivity contribution is 5.73. The number of anilines is 1. The molecule has 3 N–H and O–H groups in total. The third kappa shape index (κ3) is 1.61.